The van der Waals surface area contributed by atoms with Crippen LogP contribution in [0.5, 0.6) is 5.75 Å². The standard InChI is InChI=1S/C17H15F3N2O.CH3Cl/c1-4-14-11(3)10-16(22-15(14)5-2)21-12-6-8-13(9-7-12)23-17(18,19)20;1-2/h4-10H,1-2H2,3H3,(H,21,22);1H3. The zero-order valence-electron chi connectivity index (χ0n) is 13.8. The third kappa shape index (κ3) is 6.15. The Labute approximate surface area is 149 Å². The minimum atomic E-state index is -4.70. The SMILES string of the molecule is C=Cc1nc(Nc2ccc(OC(F)(F)F)cc2)cc(C)c1C=C.CCl. The number of aryl methyl sites for hydroxylation is 1. The van der Waals surface area contributed by atoms with Gasteiger partial charge in [0.05, 0.1) is 5.69 Å². The first-order chi connectivity index (χ1) is 11.8. The van der Waals surface area contributed by atoms with Crippen LogP contribution in [0.3, 0.4) is 0 Å². The topological polar surface area (TPSA) is 34.2 Å². The fourth-order valence-corrected chi connectivity index (χ4v) is 2.08. The van der Waals surface area contributed by atoms with E-state index >= 15 is 0 Å². The van der Waals surface area contributed by atoms with Crippen molar-refractivity contribution in [3.8, 4) is 5.75 Å². The molecule has 0 amide bonds. The Morgan fingerprint density at radius 2 is 1.72 bits per heavy atom. The van der Waals surface area contributed by atoms with Gasteiger partial charge in [-0.15, -0.1) is 24.8 Å². The molecule has 25 heavy (non-hydrogen) atoms. The number of hydrogen-bond acceptors (Lipinski definition) is 3. The monoisotopic (exact) mass is 370 g/mol. The molecular weight excluding hydrogens is 353 g/mol. The molecule has 0 atom stereocenters. The lowest BCUT2D eigenvalue weighted by atomic mass is 10.1. The number of nitrogens with one attached hydrogen (secondary N) is 1. The molecule has 0 aliphatic carbocycles. The second kappa shape index (κ2) is 9.13. The molecule has 1 aromatic heterocycles. The molecule has 0 aliphatic heterocycles. The van der Waals surface area contributed by atoms with Gasteiger partial charge in [-0.25, -0.2) is 4.98 Å². The van der Waals surface area contributed by atoms with Gasteiger partial charge in [0, 0.05) is 17.6 Å². The Bertz CT molecular complexity index is 728. The number of nitrogens with zero attached hydrogens (tertiary/aromatic N) is 1. The molecule has 0 radical (unpaired) electrons. The predicted molar refractivity (Wildman–Crippen MR) is 97.3 cm³/mol. The fraction of sp³-hybridized carbons (Fsp3) is 0.167. The lowest BCUT2D eigenvalue weighted by Crippen LogP contribution is -2.16. The van der Waals surface area contributed by atoms with Crippen molar-refractivity contribution in [2.24, 2.45) is 0 Å². The molecule has 0 unspecified atom stereocenters. The summed E-state index contributed by atoms with van der Waals surface area (Å²) in [4.78, 5) is 4.39. The molecule has 7 heteroatoms. The van der Waals surface area contributed by atoms with Gasteiger partial charge in [0.2, 0.25) is 0 Å². The van der Waals surface area contributed by atoms with E-state index in [1.54, 1.807) is 12.2 Å². The second-order valence-corrected chi connectivity index (χ2v) is 4.73. The molecule has 1 N–H and O–H groups in total. The van der Waals surface area contributed by atoms with E-state index < -0.39 is 6.36 Å². The quantitative estimate of drug-likeness (QED) is 0.639. The van der Waals surface area contributed by atoms with Crippen LogP contribution in [0.4, 0.5) is 24.7 Å². The van der Waals surface area contributed by atoms with E-state index in [0.29, 0.717) is 17.2 Å². The molecule has 3 nitrogen and oxygen atoms in total. The van der Waals surface area contributed by atoms with E-state index in [1.165, 1.54) is 30.6 Å². The van der Waals surface area contributed by atoms with E-state index in [-0.39, 0.29) is 5.75 Å². The molecular formula is C18H18ClF3N2O. The summed E-state index contributed by atoms with van der Waals surface area (Å²) in [5.41, 5.74) is 3.12. The molecule has 2 aromatic rings. The van der Waals surface area contributed by atoms with Crippen molar-refractivity contribution in [1.29, 1.82) is 0 Å². The van der Waals surface area contributed by atoms with Crippen LogP contribution in [-0.4, -0.2) is 17.7 Å². The van der Waals surface area contributed by atoms with Crippen LogP contribution in [0.1, 0.15) is 16.8 Å². The summed E-state index contributed by atoms with van der Waals surface area (Å²) in [7, 11) is 0. The number of halogens is 4. The molecule has 1 heterocycles. The number of pyridine rings is 1. The van der Waals surface area contributed by atoms with Crippen molar-refractivity contribution >= 4 is 35.3 Å². The Morgan fingerprint density at radius 3 is 2.20 bits per heavy atom. The summed E-state index contributed by atoms with van der Waals surface area (Å²) in [6.07, 6.45) is 0.0921. The van der Waals surface area contributed by atoms with Crippen molar-refractivity contribution in [2.75, 3.05) is 11.7 Å². The van der Waals surface area contributed by atoms with Crippen molar-refractivity contribution in [1.82, 2.24) is 4.98 Å². The summed E-state index contributed by atoms with van der Waals surface area (Å²) < 4.78 is 40.2. The van der Waals surface area contributed by atoms with Gasteiger partial charge >= 0.3 is 6.36 Å². The summed E-state index contributed by atoms with van der Waals surface area (Å²) in [6.45, 7) is 9.37. The highest BCUT2D eigenvalue weighted by molar-refractivity contribution is 6.15. The average Bonchev–Trinajstić information content (AvgIpc) is 2.56. The lowest BCUT2D eigenvalue weighted by Gasteiger charge is -2.12. The van der Waals surface area contributed by atoms with Crippen LogP contribution >= 0.6 is 11.6 Å². The first kappa shape index (κ1) is 20.6. The molecule has 0 bridgehead atoms. The summed E-state index contributed by atoms with van der Waals surface area (Å²) in [5.74, 6) is 0.286. The predicted octanol–water partition coefficient (Wildman–Crippen LogP) is 6.17. The smallest absolute Gasteiger partial charge is 0.406 e. The normalized spacial score (nSPS) is 10.3. The van der Waals surface area contributed by atoms with Crippen LogP contribution in [0.15, 0.2) is 43.5 Å². The number of rotatable bonds is 5. The van der Waals surface area contributed by atoms with Gasteiger partial charge in [0.25, 0.3) is 0 Å². The van der Waals surface area contributed by atoms with Crippen molar-refractivity contribution < 1.29 is 17.9 Å². The largest absolute Gasteiger partial charge is 0.573 e. The Kier molecular flexibility index (Phi) is 7.51. The molecule has 0 spiro atoms. The van der Waals surface area contributed by atoms with Gasteiger partial charge in [-0.05, 0) is 48.9 Å². The van der Waals surface area contributed by atoms with E-state index in [0.717, 1.165) is 11.1 Å². The zero-order valence-corrected chi connectivity index (χ0v) is 14.6. The lowest BCUT2D eigenvalue weighted by molar-refractivity contribution is -0.274. The molecule has 0 saturated heterocycles. The van der Waals surface area contributed by atoms with Crippen LogP contribution in [-0.2, 0) is 0 Å². The van der Waals surface area contributed by atoms with Gasteiger partial charge < -0.3 is 10.1 Å². The minimum Gasteiger partial charge on any atom is -0.406 e. The number of aromatic nitrogens is 1. The zero-order chi connectivity index (χ0) is 19.0. The number of benzene rings is 1. The first-order valence-electron chi connectivity index (χ1n) is 7.09. The number of anilines is 2. The molecule has 0 aliphatic rings. The van der Waals surface area contributed by atoms with E-state index in [4.69, 9.17) is 0 Å². The van der Waals surface area contributed by atoms with Crippen LogP contribution in [0.2, 0.25) is 0 Å². The highest BCUT2D eigenvalue weighted by Gasteiger charge is 2.30. The average molecular weight is 371 g/mol. The van der Waals surface area contributed by atoms with Gasteiger partial charge in [-0.1, -0.05) is 19.2 Å². The third-order valence-corrected chi connectivity index (χ3v) is 3.05. The van der Waals surface area contributed by atoms with Crippen LogP contribution in [0.25, 0.3) is 12.2 Å². The summed E-state index contributed by atoms with van der Waals surface area (Å²) in [6, 6.07) is 7.24. The minimum absolute atomic E-state index is 0.277. The highest BCUT2D eigenvalue weighted by Crippen LogP contribution is 2.26. The Hall–Kier alpha value is -2.47. The summed E-state index contributed by atoms with van der Waals surface area (Å²) in [5, 5.41) is 3.03. The van der Waals surface area contributed by atoms with Crippen molar-refractivity contribution in [2.45, 2.75) is 13.3 Å². The molecule has 0 fully saturated rings. The number of hydrogen-bond donors (Lipinski definition) is 1. The molecule has 2 rings (SSSR count). The van der Waals surface area contributed by atoms with Crippen molar-refractivity contribution in [3.63, 3.8) is 0 Å². The van der Waals surface area contributed by atoms with Gasteiger partial charge in [-0.2, -0.15) is 0 Å². The third-order valence-electron chi connectivity index (χ3n) is 3.05. The molecule has 0 saturated carbocycles. The van der Waals surface area contributed by atoms with Gasteiger partial charge in [-0.3, -0.25) is 0 Å². The fourth-order valence-electron chi connectivity index (χ4n) is 2.08. The summed E-state index contributed by atoms with van der Waals surface area (Å²) >= 11 is 4.64. The van der Waals surface area contributed by atoms with Crippen LogP contribution in [0, 0.1) is 6.92 Å². The van der Waals surface area contributed by atoms with E-state index in [1.807, 2.05) is 13.0 Å². The van der Waals surface area contributed by atoms with Gasteiger partial charge in [0.1, 0.15) is 11.6 Å². The van der Waals surface area contributed by atoms with Gasteiger partial charge in [0.15, 0.2) is 0 Å². The van der Waals surface area contributed by atoms with Crippen molar-refractivity contribution in [3.05, 3.63) is 60.3 Å². The maximum atomic E-state index is 12.1. The number of ether oxygens (including phenoxy) is 1. The maximum absolute atomic E-state index is 12.1. The Morgan fingerprint density at radius 1 is 1.12 bits per heavy atom. The second-order valence-electron chi connectivity index (χ2n) is 4.73. The molecule has 1 aromatic carbocycles. The number of alkyl halides is 4. The van der Waals surface area contributed by atoms with E-state index in [9.17, 15) is 13.2 Å². The maximum Gasteiger partial charge on any atom is 0.573 e. The van der Waals surface area contributed by atoms with E-state index in [2.05, 4.69) is 39.8 Å². The Balaban J connectivity index is 0.00000151. The molecule has 134 valence electrons. The first-order valence-corrected chi connectivity index (χ1v) is 7.85. The highest BCUT2D eigenvalue weighted by atomic mass is 35.5. The van der Waals surface area contributed by atoms with Crippen LogP contribution < -0.4 is 10.1 Å².